The van der Waals surface area contributed by atoms with Gasteiger partial charge in [-0.2, -0.15) is 0 Å². The third-order valence-corrected chi connectivity index (χ3v) is 9.33. The molecule has 0 saturated heterocycles. The molecule has 0 unspecified atom stereocenters. The topological polar surface area (TPSA) is 54.0 Å². The maximum Gasteiger partial charge on any atom is 2.00 e. The summed E-state index contributed by atoms with van der Waals surface area (Å²) in [7, 11) is 0. The zero-order valence-electron chi connectivity index (χ0n) is 28.7. The molecule has 8 bridgehead atoms. The molecule has 3 aromatic carbocycles. The molecule has 0 fully saturated rings. The molecule has 0 N–H and O–H groups in total. The minimum atomic E-state index is 0. The summed E-state index contributed by atoms with van der Waals surface area (Å²) in [6.07, 6.45) is 12.0. The van der Waals surface area contributed by atoms with E-state index in [0.29, 0.717) is 0 Å². The largest absolute Gasteiger partial charge is 2.00 e. The molecule has 4 nitrogen and oxygen atoms in total. The second-order valence-corrected chi connectivity index (χ2v) is 12.9. The first-order valence-corrected chi connectivity index (χ1v) is 16.8. The van der Waals surface area contributed by atoms with E-state index in [0.717, 1.165) is 96.6 Å². The Morgan fingerprint density at radius 3 is 1.22 bits per heavy atom. The average molecular weight is 698 g/mol. The van der Waals surface area contributed by atoms with E-state index in [1.807, 2.05) is 6.08 Å². The van der Waals surface area contributed by atoms with Crippen LogP contribution in [0.4, 0.5) is 0 Å². The maximum absolute atomic E-state index is 5.34. The van der Waals surface area contributed by atoms with Crippen LogP contribution in [0.15, 0.2) is 110 Å². The number of hydrogen-bond acceptors (Lipinski definition) is 2. The Hall–Kier alpha value is -5.38. The summed E-state index contributed by atoms with van der Waals surface area (Å²) in [4.78, 5) is 21.3. The van der Waals surface area contributed by atoms with Crippen LogP contribution < -0.4 is 9.97 Å². The zero-order chi connectivity index (χ0) is 33.5. The molecule has 0 aliphatic carbocycles. The van der Waals surface area contributed by atoms with Crippen molar-refractivity contribution in [2.45, 2.75) is 33.6 Å². The maximum atomic E-state index is 5.34. The van der Waals surface area contributed by atoms with E-state index >= 15 is 0 Å². The standard InChI is InChI=1S/C45H36N4.Zn/c1-5-6-7-34-35-20-22-37(46-35)43(31-14-8-28(2)9-15-31)39-24-26-41(48-39)45(33-18-12-30(4)13-19-33)42-27-25-40(49-42)44(38-23-21-36(34)47-38)32-16-10-29(3)11-17-32;/h5,8-27H,1,6-7H2,2-4H3;/q-2;+2. The Labute approximate surface area is 306 Å². The van der Waals surface area contributed by atoms with E-state index in [1.165, 1.54) is 16.7 Å². The normalized spacial score (nSPS) is 11.8. The van der Waals surface area contributed by atoms with Crippen molar-refractivity contribution in [2.24, 2.45) is 0 Å². The predicted molar refractivity (Wildman–Crippen MR) is 206 cm³/mol. The Morgan fingerprint density at radius 1 is 0.480 bits per heavy atom. The van der Waals surface area contributed by atoms with Gasteiger partial charge in [-0.05, 0) is 96.9 Å². The number of allylic oxidation sites excluding steroid dienone is 1. The van der Waals surface area contributed by atoms with E-state index in [2.05, 4.69) is 149 Å². The van der Waals surface area contributed by atoms with Crippen molar-refractivity contribution in [1.29, 1.82) is 0 Å². The first kappa shape index (κ1) is 33.1. The number of fused-ring (bicyclic) bond motifs is 8. The van der Waals surface area contributed by atoms with Crippen molar-refractivity contribution in [1.82, 2.24) is 19.9 Å². The van der Waals surface area contributed by atoms with E-state index in [-0.39, 0.29) is 19.5 Å². The van der Waals surface area contributed by atoms with Crippen LogP contribution in [0, 0.1) is 20.8 Å². The number of nitrogens with zero attached hydrogens (tertiary/aromatic N) is 4. The third kappa shape index (κ3) is 6.26. The molecule has 2 aliphatic heterocycles. The van der Waals surface area contributed by atoms with Crippen LogP contribution in [0.25, 0.3) is 79.8 Å². The van der Waals surface area contributed by atoms with Crippen LogP contribution >= 0.6 is 0 Å². The Morgan fingerprint density at radius 2 is 0.820 bits per heavy atom. The van der Waals surface area contributed by atoms with Crippen molar-refractivity contribution < 1.29 is 19.5 Å². The molecule has 5 heteroatoms. The van der Waals surface area contributed by atoms with Gasteiger partial charge in [-0.25, -0.2) is 9.97 Å². The van der Waals surface area contributed by atoms with Gasteiger partial charge in [-0.15, -0.1) is 28.6 Å². The third-order valence-electron chi connectivity index (χ3n) is 9.33. The molecule has 0 atom stereocenters. The average Bonchev–Trinajstić information content (AvgIpc) is 3.94. The van der Waals surface area contributed by atoms with Crippen LogP contribution in [-0.4, -0.2) is 9.97 Å². The minimum absolute atomic E-state index is 0. The Kier molecular flexibility index (Phi) is 9.18. The summed E-state index contributed by atoms with van der Waals surface area (Å²) in [5.41, 5.74) is 18.0. The number of rotatable bonds is 6. The SMILES string of the molecule is C=CCCc1c2nc(c(-c3ccc(C)cc3)c3ccc([n-]3)c(-c3ccc(C)cc3)c3nc(c(-c4ccc(C)cc4)c4ccc1[n-]4)C=C3)C=C2.[Zn+2]. The van der Waals surface area contributed by atoms with Gasteiger partial charge >= 0.3 is 19.5 Å². The molecular formula is C45H36N4Zn. The summed E-state index contributed by atoms with van der Waals surface area (Å²) in [5.74, 6) is 0. The summed E-state index contributed by atoms with van der Waals surface area (Å²) in [6.45, 7) is 10.3. The second-order valence-electron chi connectivity index (χ2n) is 12.9. The van der Waals surface area contributed by atoms with Crippen molar-refractivity contribution in [3.63, 3.8) is 0 Å². The smallest absolute Gasteiger partial charge is 0.657 e. The number of hydrogen-bond donors (Lipinski definition) is 0. The fraction of sp³-hybridized carbons (Fsp3) is 0.111. The fourth-order valence-electron chi connectivity index (χ4n) is 6.70. The molecule has 8 rings (SSSR count). The summed E-state index contributed by atoms with van der Waals surface area (Å²) < 4.78 is 0. The van der Waals surface area contributed by atoms with Gasteiger partial charge in [-0.3, -0.25) is 0 Å². The second kappa shape index (κ2) is 13.9. The molecule has 0 spiro atoms. The fourth-order valence-corrected chi connectivity index (χ4v) is 6.70. The van der Waals surface area contributed by atoms with Crippen molar-refractivity contribution in [2.75, 3.05) is 0 Å². The van der Waals surface area contributed by atoms with Gasteiger partial charge in [0, 0.05) is 0 Å². The number of benzene rings is 3. The summed E-state index contributed by atoms with van der Waals surface area (Å²) in [5, 5.41) is 0. The number of aryl methyl sites for hydroxylation is 4. The summed E-state index contributed by atoms with van der Waals surface area (Å²) >= 11 is 0. The van der Waals surface area contributed by atoms with Crippen LogP contribution in [-0.2, 0) is 25.9 Å². The van der Waals surface area contributed by atoms with Gasteiger partial charge in [0.2, 0.25) is 0 Å². The molecule has 50 heavy (non-hydrogen) atoms. The molecule has 0 radical (unpaired) electrons. The zero-order valence-corrected chi connectivity index (χ0v) is 31.7. The molecular weight excluding hydrogens is 662 g/mol. The van der Waals surface area contributed by atoms with Crippen molar-refractivity contribution in [3.8, 4) is 33.4 Å². The van der Waals surface area contributed by atoms with Crippen LogP contribution in [0.2, 0.25) is 0 Å². The first-order valence-electron chi connectivity index (χ1n) is 16.8. The number of aromatic nitrogens is 4. The van der Waals surface area contributed by atoms with Crippen LogP contribution in [0.1, 0.15) is 51.5 Å². The van der Waals surface area contributed by atoms with Gasteiger partial charge in [0.15, 0.2) is 0 Å². The minimum Gasteiger partial charge on any atom is -0.657 e. The monoisotopic (exact) mass is 696 g/mol. The van der Waals surface area contributed by atoms with Crippen LogP contribution in [0.3, 0.4) is 0 Å². The molecule has 5 heterocycles. The van der Waals surface area contributed by atoms with E-state index in [9.17, 15) is 0 Å². The van der Waals surface area contributed by atoms with Crippen molar-refractivity contribution in [3.05, 3.63) is 155 Å². The predicted octanol–water partition coefficient (Wildman–Crippen LogP) is 11.0. The first-order chi connectivity index (χ1) is 23.9. The molecule has 0 amide bonds. The van der Waals surface area contributed by atoms with Gasteiger partial charge < -0.3 is 9.97 Å². The molecule has 2 aliphatic rings. The van der Waals surface area contributed by atoms with E-state index in [1.54, 1.807) is 0 Å². The quantitative estimate of drug-likeness (QED) is 0.128. The van der Waals surface area contributed by atoms with Crippen molar-refractivity contribution >= 4 is 46.4 Å². The van der Waals surface area contributed by atoms with Gasteiger partial charge in [-0.1, -0.05) is 120 Å². The van der Waals surface area contributed by atoms with Crippen LogP contribution in [0.5, 0.6) is 0 Å². The van der Waals surface area contributed by atoms with Gasteiger partial charge in [0.05, 0.1) is 22.8 Å². The molecule has 6 aromatic rings. The molecule has 3 aromatic heterocycles. The van der Waals surface area contributed by atoms with E-state index < -0.39 is 0 Å². The Bertz CT molecular complexity index is 2410. The van der Waals surface area contributed by atoms with Gasteiger partial charge in [0.1, 0.15) is 0 Å². The molecule has 238 valence electrons. The summed E-state index contributed by atoms with van der Waals surface area (Å²) in [6, 6.07) is 34.3. The van der Waals surface area contributed by atoms with Gasteiger partial charge in [0.25, 0.3) is 0 Å². The van der Waals surface area contributed by atoms with E-state index in [4.69, 9.17) is 19.9 Å². The molecule has 0 saturated carbocycles. The Balaban J connectivity index is 0.00000392.